The molecule has 4 rings (SSSR count). The molecule has 9 nitrogen and oxygen atoms in total. The summed E-state index contributed by atoms with van der Waals surface area (Å²) in [6.45, 7) is 2.02. The van der Waals surface area contributed by atoms with Gasteiger partial charge < -0.3 is 15.0 Å². The Morgan fingerprint density at radius 3 is 2.58 bits per heavy atom. The van der Waals surface area contributed by atoms with Gasteiger partial charge in [-0.25, -0.2) is 8.42 Å². The van der Waals surface area contributed by atoms with Crippen LogP contribution in [-0.2, 0) is 30.9 Å². The zero-order valence-electron chi connectivity index (χ0n) is 16.9. The number of carbonyl (C=O) groups is 2. The van der Waals surface area contributed by atoms with Crippen LogP contribution in [0.4, 0.5) is 5.69 Å². The summed E-state index contributed by atoms with van der Waals surface area (Å²) in [6, 6.07) is 9.89. The number of benzene rings is 1. The van der Waals surface area contributed by atoms with Crippen LogP contribution >= 0.6 is 0 Å². The summed E-state index contributed by atoms with van der Waals surface area (Å²) >= 11 is 0. The number of aromatic nitrogens is 1. The van der Waals surface area contributed by atoms with Crippen molar-refractivity contribution in [3.63, 3.8) is 0 Å². The van der Waals surface area contributed by atoms with Crippen molar-refractivity contribution < 1.29 is 22.7 Å². The van der Waals surface area contributed by atoms with Gasteiger partial charge in [0.1, 0.15) is 0 Å². The molecule has 0 unspecified atom stereocenters. The van der Waals surface area contributed by atoms with Gasteiger partial charge in [0, 0.05) is 50.7 Å². The summed E-state index contributed by atoms with van der Waals surface area (Å²) < 4.78 is 32.1. The average molecular weight is 445 g/mol. The Hall–Kier alpha value is -2.82. The van der Waals surface area contributed by atoms with E-state index in [1.807, 2.05) is 6.07 Å². The first-order chi connectivity index (χ1) is 14.9. The van der Waals surface area contributed by atoms with Crippen molar-refractivity contribution in [3.05, 3.63) is 54.4 Å². The van der Waals surface area contributed by atoms with E-state index in [4.69, 9.17) is 4.74 Å². The lowest BCUT2D eigenvalue weighted by atomic mass is 10.1. The molecule has 0 radical (unpaired) electrons. The molecule has 2 saturated heterocycles. The van der Waals surface area contributed by atoms with E-state index in [2.05, 4.69) is 10.3 Å². The minimum atomic E-state index is -3.59. The summed E-state index contributed by atoms with van der Waals surface area (Å²) in [4.78, 5) is 30.7. The minimum absolute atomic E-state index is 0.118. The van der Waals surface area contributed by atoms with Gasteiger partial charge in [-0.1, -0.05) is 6.07 Å². The number of amides is 2. The van der Waals surface area contributed by atoms with Crippen LogP contribution in [0.2, 0.25) is 0 Å². The fourth-order valence-corrected chi connectivity index (χ4v) is 5.11. The summed E-state index contributed by atoms with van der Waals surface area (Å²) in [7, 11) is -3.59. The molecule has 0 spiro atoms. The molecule has 0 aliphatic carbocycles. The van der Waals surface area contributed by atoms with E-state index in [0.717, 1.165) is 5.56 Å². The molecule has 2 aromatic rings. The molecule has 2 aliphatic heterocycles. The number of carbonyl (C=O) groups excluding carboxylic acids is 2. The van der Waals surface area contributed by atoms with Crippen molar-refractivity contribution in [2.45, 2.75) is 17.9 Å². The van der Waals surface area contributed by atoms with Gasteiger partial charge in [-0.15, -0.1) is 0 Å². The van der Waals surface area contributed by atoms with Gasteiger partial charge in [-0.3, -0.25) is 14.6 Å². The molecule has 1 N–H and O–H groups in total. The molecule has 2 amide bonds. The van der Waals surface area contributed by atoms with E-state index in [0.29, 0.717) is 38.5 Å². The van der Waals surface area contributed by atoms with Crippen molar-refractivity contribution in [2.75, 3.05) is 37.7 Å². The lowest BCUT2D eigenvalue weighted by Gasteiger charge is -2.26. The lowest BCUT2D eigenvalue weighted by Crippen LogP contribution is -2.40. The highest BCUT2D eigenvalue weighted by Crippen LogP contribution is 2.27. The molecule has 3 heterocycles. The molecule has 1 aromatic heterocycles. The number of nitrogens with zero attached hydrogens (tertiary/aromatic N) is 3. The number of pyridine rings is 1. The second-order valence-electron chi connectivity index (χ2n) is 7.49. The van der Waals surface area contributed by atoms with Crippen LogP contribution in [0.1, 0.15) is 12.0 Å². The fourth-order valence-electron chi connectivity index (χ4n) is 3.70. The Bertz CT molecular complexity index is 1040. The maximum absolute atomic E-state index is 12.7. The second-order valence-corrected chi connectivity index (χ2v) is 9.43. The van der Waals surface area contributed by atoms with Crippen LogP contribution in [0, 0.1) is 5.92 Å². The second kappa shape index (κ2) is 9.13. The van der Waals surface area contributed by atoms with Gasteiger partial charge in [0.15, 0.2) is 0 Å². The van der Waals surface area contributed by atoms with E-state index >= 15 is 0 Å². The molecule has 0 saturated carbocycles. The monoisotopic (exact) mass is 444 g/mol. The Morgan fingerprint density at radius 2 is 1.90 bits per heavy atom. The predicted octanol–water partition coefficient (Wildman–Crippen LogP) is 0.772. The maximum Gasteiger partial charge on any atom is 0.243 e. The number of sulfonamides is 1. The summed E-state index contributed by atoms with van der Waals surface area (Å²) in [5, 5.41) is 2.85. The average Bonchev–Trinajstić information content (AvgIpc) is 3.20. The number of hydrogen-bond donors (Lipinski definition) is 1. The van der Waals surface area contributed by atoms with Crippen molar-refractivity contribution in [1.82, 2.24) is 14.6 Å². The quantitative estimate of drug-likeness (QED) is 0.705. The van der Waals surface area contributed by atoms with Gasteiger partial charge in [0.25, 0.3) is 0 Å². The van der Waals surface area contributed by atoms with Crippen LogP contribution in [0.25, 0.3) is 0 Å². The molecule has 1 aromatic carbocycles. The van der Waals surface area contributed by atoms with Crippen molar-refractivity contribution in [2.24, 2.45) is 5.92 Å². The molecule has 31 heavy (non-hydrogen) atoms. The number of hydrogen-bond acceptors (Lipinski definition) is 6. The van der Waals surface area contributed by atoms with Gasteiger partial charge in [-0.2, -0.15) is 4.31 Å². The molecule has 2 fully saturated rings. The number of ether oxygens (including phenoxy) is 1. The summed E-state index contributed by atoms with van der Waals surface area (Å²) in [5.74, 6) is -0.808. The third-order valence-corrected chi connectivity index (χ3v) is 7.35. The van der Waals surface area contributed by atoms with Crippen LogP contribution in [0.15, 0.2) is 53.7 Å². The third kappa shape index (κ3) is 4.76. The largest absolute Gasteiger partial charge is 0.379 e. The first kappa shape index (κ1) is 21.4. The number of rotatable bonds is 6. The summed E-state index contributed by atoms with van der Waals surface area (Å²) in [6.07, 6.45) is 3.46. The highest BCUT2D eigenvalue weighted by atomic mass is 32.2. The van der Waals surface area contributed by atoms with Crippen LogP contribution in [-0.4, -0.2) is 62.4 Å². The molecular weight excluding hydrogens is 420 g/mol. The van der Waals surface area contributed by atoms with Crippen LogP contribution < -0.4 is 10.2 Å². The molecule has 1 atom stereocenters. The van der Waals surface area contributed by atoms with E-state index in [9.17, 15) is 18.0 Å². The predicted molar refractivity (Wildman–Crippen MR) is 113 cm³/mol. The molecular formula is C21H24N4O5S. The number of nitrogens with one attached hydrogen (secondary N) is 1. The Balaban J connectivity index is 1.39. The minimum Gasteiger partial charge on any atom is -0.379 e. The van der Waals surface area contributed by atoms with E-state index in [-0.39, 0.29) is 29.7 Å². The Kier molecular flexibility index (Phi) is 6.30. The van der Waals surface area contributed by atoms with Gasteiger partial charge >= 0.3 is 0 Å². The van der Waals surface area contributed by atoms with Crippen molar-refractivity contribution >= 4 is 27.5 Å². The smallest absolute Gasteiger partial charge is 0.243 e. The normalized spacial score (nSPS) is 20.1. The van der Waals surface area contributed by atoms with E-state index in [1.54, 1.807) is 30.6 Å². The topological polar surface area (TPSA) is 109 Å². The summed E-state index contributed by atoms with van der Waals surface area (Å²) in [5.41, 5.74) is 1.46. The lowest BCUT2D eigenvalue weighted by molar-refractivity contribution is -0.126. The van der Waals surface area contributed by atoms with Gasteiger partial charge in [-0.05, 0) is 35.9 Å². The number of anilines is 1. The SMILES string of the molecule is O=C(NCc1cccnc1)[C@H]1CC(=O)N(c2ccc(S(=O)(=O)N3CCOCC3)cc2)C1. The van der Waals surface area contributed by atoms with Crippen LogP contribution in [0.3, 0.4) is 0 Å². The standard InChI is InChI=1S/C21H24N4O5S/c26-20-12-17(21(27)23-14-16-2-1-7-22-13-16)15-25(20)18-3-5-19(6-4-18)31(28,29)24-8-10-30-11-9-24/h1-7,13,17H,8-12,14-15H2,(H,23,27)/t17-/m0/s1. The maximum atomic E-state index is 12.7. The molecule has 2 aliphatic rings. The Labute approximate surface area is 181 Å². The van der Waals surface area contributed by atoms with E-state index < -0.39 is 15.9 Å². The van der Waals surface area contributed by atoms with Crippen LogP contribution in [0.5, 0.6) is 0 Å². The molecule has 164 valence electrons. The first-order valence-corrected chi connectivity index (χ1v) is 11.5. The van der Waals surface area contributed by atoms with Gasteiger partial charge in [0.05, 0.1) is 24.0 Å². The number of morpholine rings is 1. The fraction of sp³-hybridized carbons (Fsp3) is 0.381. The van der Waals surface area contributed by atoms with Crippen molar-refractivity contribution in [1.29, 1.82) is 0 Å². The van der Waals surface area contributed by atoms with E-state index in [1.165, 1.54) is 21.3 Å². The van der Waals surface area contributed by atoms with Gasteiger partial charge in [0.2, 0.25) is 21.8 Å². The molecule has 0 bridgehead atoms. The molecule has 10 heteroatoms. The zero-order valence-corrected chi connectivity index (χ0v) is 17.8. The Morgan fingerprint density at radius 1 is 1.16 bits per heavy atom. The first-order valence-electron chi connectivity index (χ1n) is 10.1. The highest BCUT2D eigenvalue weighted by molar-refractivity contribution is 7.89. The highest BCUT2D eigenvalue weighted by Gasteiger charge is 2.35. The zero-order chi connectivity index (χ0) is 21.8. The van der Waals surface area contributed by atoms with Crippen molar-refractivity contribution in [3.8, 4) is 0 Å². The third-order valence-electron chi connectivity index (χ3n) is 5.44.